The molecule has 180 valence electrons. The van der Waals surface area contributed by atoms with Gasteiger partial charge in [0.2, 0.25) is 0 Å². The number of benzene rings is 1. The van der Waals surface area contributed by atoms with Crippen LogP contribution in [-0.2, 0) is 36.3 Å². The predicted molar refractivity (Wildman–Crippen MR) is 118 cm³/mol. The van der Waals surface area contributed by atoms with Crippen LogP contribution in [0.2, 0.25) is 0 Å². The minimum absolute atomic E-state index is 0.242. The van der Waals surface area contributed by atoms with Crippen molar-refractivity contribution in [1.82, 2.24) is 24.6 Å². The van der Waals surface area contributed by atoms with Crippen LogP contribution in [0.4, 0.5) is 18.9 Å². The molecule has 1 amide bonds. The maximum absolute atomic E-state index is 13.4. The Morgan fingerprint density at radius 2 is 2.00 bits per heavy atom. The van der Waals surface area contributed by atoms with E-state index in [1.165, 1.54) is 6.07 Å². The molecular weight excluding hydrogens is 449 g/mol. The van der Waals surface area contributed by atoms with Gasteiger partial charge in [0.1, 0.15) is 23.5 Å². The molecule has 0 unspecified atom stereocenters. The summed E-state index contributed by atoms with van der Waals surface area (Å²) >= 11 is 0. The van der Waals surface area contributed by atoms with Gasteiger partial charge in [-0.25, -0.2) is 4.98 Å². The summed E-state index contributed by atoms with van der Waals surface area (Å²) < 4.78 is 47.4. The van der Waals surface area contributed by atoms with Gasteiger partial charge in [-0.1, -0.05) is 12.1 Å². The smallest absolute Gasteiger partial charge is 0.379 e. The van der Waals surface area contributed by atoms with E-state index in [1.54, 1.807) is 37.5 Å². The van der Waals surface area contributed by atoms with Gasteiger partial charge in [0, 0.05) is 31.1 Å². The SMILES string of the molecule is CN(C)Cc1cc(C(=O)Nc2cccc(C3(Cc4nncn4C)COC3)c2)nc(C(F)(F)F)c1. The highest BCUT2D eigenvalue weighted by molar-refractivity contribution is 6.03. The number of carbonyl (C=O) groups excluding carboxylic acids is 1. The lowest BCUT2D eigenvalue weighted by atomic mass is 9.75. The number of anilines is 1. The van der Waals surface area contributed by atoms with Crippen molar-refractivity contribution < 1.29 is 22.7 Å². The second-order valence-corrected chi connectivity index (χ2v) is 8.82. The van der Waals surface area contributed by atoms with E-state index in [9.17, 15) is 18.0 Å². The van der Waals surface area contributed by atoms with Crippen molar-refractivity contribution in [3.8, 4) is 0 Å². The van der Waals surface area contributed by atoms with Crippen molar-refractivity contribution in [3.63, 3.8) is 0 Å². The molecule has 8 nitrogen and oxygen atoms in total. The molecule has 11 heteroatoms. The van der Waals surface area contributed by atoms with Gasteiger partial charge in [0.25, 0.3) is 5.91 Å². The molecular formula is C23H25F3N6O2. The largest absolute Gasteiger partial charge is 0.433 e. The summed E-state index contributed by atoms with van der Waals surface area (Å²) in [6, 6.07) is 9.56. The van der Waals surface area contributed by atoms with E-state index in [-0.39, 0.29) is 17.7 Å². The first kappa shape index (κ1) is 23.8. The number of pyridine rings is 1. The molecule has 0 aliphatic carbocycles. The molecule has 34 heavy (non-hydrogen) atoms. The minimum Gasteiger partial charge on any atom is -0.379 e. The second kappa shape index (κ2) is 9.15. The molecule has 1 aliphatic rings. The zero-order chi connectivity index (χ0) is 24.5. The van der Waals surface area contributed by atoms with Gasteiger partial charge in [-0.2, -0.15) is 13.2 Å². The van der Waals surface area contributed by atoms with Crippen LogP contribution in [0.5, 0.6) is 0 Å². The van der Waals surface area contributed by atoms with Crippen LogP contribution < -0.4 is 5.32 Å². The fourth-order valence-corrected chi connectivity index (χ4v) is 3.92. The fraction of sp³-hybridized carbons (Fsp3) is 0.391. The molecule has 2 aromatic heterocycles. The van der Waals surface area contributed by atoms with Gasteiger partial charge in [-0.05, 0) is 49.5 Å². The fourth-order valence-electron chi connectivity index (χ4n) is 3.92. The van der Waals surface area contributed by atoms with E-state index in [0.29, 0.717) is 30.9 Å². The number of carbonyl (C=O) groups is 1. The highest BCUT2D eigenvalue weighted by atomic mass is 19.4. The highest BCUT2D eigenvalue weighted by Crippen LogP contribution is 2.36. The summed E-state index contributed by atoms with van der Waals surface area (Å²) in [7, 11) is 5.34. The molecule has 4 rings (SSSR count). The van der Waals surface area contributed by atoms with Crippen LogP contribution in [0.3, 0.4) is 0 Å². The lowest BCUT2D eigenvalue weighted by molar-refractivity contribution is -0.141. The van der Waals surface area contributed by atoms with E-state index in [1.807, 2.05) is 23.7 Å². The van der Waals surface area contributed by atoms with Gasteiger partial charge >= 0.3 is 6.18 Å². The Kier molecular flexibility index (Phi) is 6.41. The van der Waals surface area contributed by atoms with Crippen LogP contribution in [-0.4, -0.2) is 57.9 Å². The summed E-state index contributed by atoms with van der Waals surface area (Å²) in [4.78, 5) is 18.2. The average molecular weight is 474 g/mol. The maximum atomic E-state index is 13.4. The number of hydrogen-bond donors (Lipinski definition) is 1. The van der Waals surface area contributed by atoms with Gasteiger partial charge in [0.15, 0.2) is 0 Å². The molecule has 0 radical (unpaired) electrons. The molecule has 1 aromatic carbocycles. The molecule has 0 spiro atoms. The Morgan fingerprint density at radius 3 is 2.59 bits per heavy atom. The Balaban J connectivity index is 1.58. The molecule has 1 aliphatic heterocycles. The third-order valence-corrected chi connectivity index (χ3v) is 5.70. The van der Waals surface area contributed by atoms with Crippen molar-refractivity contribution in [2.45, 2.75) is 24.6 Å². The zero-order valence-electron chi connectivity index (χ0n) is 19.1. The number of nitrogens with zero attached hydrogens (tertiary/aromatic N) is 5. The number of hydrogen-bond acceptors (Lipinski definition) is 6. The van der Waals surface area contributed by atoms with E-state index < -0.39 is 17.8 Å². The summed E-state index contributed by atoms with van der Waals surface area (Å²) in [5.41, 5.74) is 0.0257. The van der Waals surface area contributed by atoms with Gasteiger partial charge in [0.05, 0.1) is 13.2 Å². The Bertz CT molecular complexity index is 1190. The number of amides is 1. The molecule has 3 aromatic rings. The predicted octanol–water partition coefficient (Wildman–Crippen LogP) is 3.05. The lowest BCUT2D eigenvalue weighted by Crippen LogP contribution is -2.49. The van der Waals surface area contributed by atoms with E-state index in [2.05, 4.69) is 20.5 Å². The second-order valence-electron chi connectivity index (χ2n) is 8.82. The summed E-state index contributed by atoms with van der Waals surface area (Å²) in [5.74, 6) is 0.0924. The quantitative estimate of drug-likeness (QED) is 0.567. The Morgan fingerprint density at radius 1 is 1.24 bits per heavy atom. The number of aromatic nitrogens is 4. The molecule has 1 N–H and O–H groups in total. The van der Waals surface area contributed by atoms with E-state index in [0.717, 1.165) is 17.5 Å². The Hall–Kier alpha value is -3.31. The van der Waals surface area contributed by atoms with Crippen molar-refractivity contribution in [2.75, 3.05) is 32.6 Å². The van der Waals surface area contributed by atoms with E-state index >= 15 is 0 Å². The van der Waals surface area contributed by atoms with Gasteiger partial charge in [-0.15, -0.1) is 10.2 Å². The third-order valence-electron chi connectivity index (χ3n) is 5.70. The first-order chi connectivity index (χ1) is 16.1. The number of nitrogens with one attached hydrogen (secondary N) is 1. The number of ether oxygens (including phenoxy) is 1. The number of rotatable bonds is 7. The lowest BCUT2D eigenvalue weighted by Gasteiger charge is -2.41. The summed E-state index contributed by atoms with van der Waals surface area (Å²) in [5, 5.41) is 10.8. The number of aryl methyl sites for hydroxylation is 1. The molecule has 1 fully saturated rings. The summed E-state index contributed by atoms with van der Waals surface area (Å²) in [6.45, 7) is 1.21. The number of alkyl halides is 3. The van der Waals surface area contributed by atoms with Crippen LogP contribution in [0.15, 0.2) is 42.7 Å². The van der Waals surface area contributed by atoms with Crippen molar-refractivity contribution in [1.29, 1.82) is 0 Å². The molecule has 0 bridgehead atoms. The van der Waals surface area contributed by atoms with Crippen LogP contribution in [0.1, 0.15) is 33.1 Å². The third kappa shape index (κ3) is 5.10. The van der Waals surface area contributed by atoms with Crippen molar-refractivity contribution in [2.24, 2.45) is 7.05 Å². The zero-order valence-corrected chi connectivity index (χ0v) is 19.1. The standard InChI is InChI=1S/C23H25F3N6O2/c1-31(2)11-15-7-18(29-19(8-15)23(24,25)26)21(33)28-17-6-4-5-16(9-17)22(12-34-13-22)10-20-30-27-14-32(20)3/h4-9,14H,10-13H2,1-3H3,(H,28,33). The highest BCUT2D eigenvalue weighted by Gasteiger charge is 2.42. The summed E-state index contributed by atoms with van der Waals surface area (Å²) in [6.07, 6.45) is -2.43. The molecule has 3 heterocycles. The first-order valence-electron chi connectivity index (χ1n) is 10.6. The van der Waals surface area contributed by atoms with Crippen LogP contribution in [0, 0.1) is 0 Å². The monoisotopic (exact) mass is 474 g/mol. The van der Waals surface area contributed by atoms with Gasteiger partial charge in [-0.3, -0.25) is 4.79 Å². The maximum Gasteiger partial charge on any atom is 0.433 e. The van der Waals surface area contributed by atoms with Crippen molar-refractivity contribution in [3.05, 3.63) is 71.1 Å². The minimum atomic E-state index is -4.66. The van der Waals surface area contributed by atoms with E-state index in [4.69, 9.17) is 4.74 Å². The van der Waals surface area contributed by atoms with Crippen molar-refractivity contribution >= 4 is 11.6 Å². The number of halogens is 3. The first-order valence-corrected chi connectivity index (χ1v) is 10.6. The van der Waals surface area contributed by atoms with Crippen LogP contribution >= 0.6 is 0 Å². The average Bonchev–Trinajstić information content (AvgIpc) is 3.13. The topological polar surface area (TPSA) is 85.2 Å². The Labute approximate surface area is 194 Å². The molecule has 0 atom stereocenters. The van der Waals surface area contributed by atoms with Gasteiger partial charge < -0.3 is 19.5 Å². The van der Waals surface area contributed by atoms with Crippen LogP contribution in [0.25, 0.3) is 0 Å². The normalized spacial score (nSPS) is 15.3. The molecule has 1 saturated heterocycles. The molecule has 0 saturated carbocycles.